The fourth-order valence-corrected chi connectivity index (χ4v) is 6.02. The fourth-order valence-electron chi connectivity index (χ4n) is 6.02. The van der Waals surface area contributed by atoms with E-state index in [9.17, 15) is 14.4 Å². The van der Waals surface area contributed by atoms with Gasteiger partial charge in [-0.3, -0.25) is 14.4 Å². The third-order valence-corrected chi connectivity index (χ3v) is 9.27. The number of hydrogen-bond acceptors (Lipinski definition) is 6. The molecule has 0 aliphatic carbocycles. The Morgan fingerprint density at radius 2 is 0.673 bits per heavy atom. The average Bonchev–Trinajstić information content (AvgIpc) is 3.09. The van der Waals surface area contributed by atoms with Crippen molar-refractivity contribution in [1.29, 1.82) is 0 Å². The van der Waals surface area contributed by atoms with Crippen LogP contribution >= 0.6 is 0 Å². The number of carbonyl (C=O) groups excluding carboxylic acids is 3. The molecule has 288 valence electrons. The van der Waals surface area contributed by atoms with Gasteiger partial charge in [0.15, 0.2) is 6.10 Å². The first-order valence-electron chi connectivity index (χ1n) is 21.2. The molecule has 0 saturated carbocycles. The van der Waals surface area contributed by atoms with Gasteiger partial charge in [0.2, 0.25) is 0 Å². The lowest BCUT2D eigenvalue weighted by atomic mass is 10.1. The lowest BCUT2D eigenvalue weighted by Gasteiger charge is -2.18. The van der Waals surface area contributed by atoms with Crippen molar-refractivity contribution in [3.8, 4) is 0 Å². The third kappa shape index (κ3) is 37.2. The van der Waals surface area contributed by atoms with Gasteiger partial charge in [-0.05, 0) is 44.9 Å². The van der Waals surface area contributed by atoms with Crippen molar-refractivity contribution in [3.05, 3.63) is 12.2 Å². The Morgan fingerprint density at radius 1 is 0.388 bits per heavy atom. The van der Waals surface area contributed by atoms with Crippen molar-refractivity contribution < 1.29 is 28.6 Å². The predicted molar refractivity (Wildman–Crippen MR) is 206 cm³/mol. The monoisotopic (exact) mass is 693 g/mol. The summed E-state index contributed by atoms with van der Waals surface area (Å²) in [5.41, 5.74) is 0. The molecule has 0 fully saturated rings. The molecular weight excluding hydrogens is 612 g/mol. The van der Waals surface area contributed by atoms with Gasteiger partial charge < -0.3 is 14.2 Å². The quantitative estimate of drug-likeness (QED) is 0.0277. The molecule has 1 atom stereocenters. The highest BCUT2D eigenvalue weighted by Crippen LogP contribution is 2.14. The molecular formula is C43H80O6. The highest BCUT2D eigenvalue weighted by Gasteiger charge is 2.19. The molecule has 0 aromatic rings. The number of carbonyl (C=O) groups is 3. The first kappa shape index (κ1) is 47.1. The van der Waals surface area contributed by atoms with Gasteiger partial charge in [-0.1, -0.05) is 174 Å². The lowest BCUT2D eigenvalue weighted by molar-refractivity contribution is -0.167. The van der Waals surface area contributed by atoms with E-state index in [0.29, 0.717) is 19.3 Å². The zero-order valence-corrected chi connectivity index (χ0v) is 32.7. The van der Waals surface area contributed by atoms with Crippen LogP contribution in [-0.4, -0.2) is 37.2 Å². The topological polar surface area (TPSA) is 78.9 Å². The standard InChI is InChI=1S/C43H80O6/c1-4-7-10-13-15-17-19-20-21-22-24-26-28-31-33-36-42(45)48-39-40(49-43(46)37-34-29-12-9-6-3)38-47-41(44)35-32-30-27-25-23-18-16-14-11-8-5-2/h20-21,40H,4-19,22-39H2,1-3H3. The predicted octanol–water partition coefficient (Wildman–Crippen LogP) is 13.1. The van der Waals surface area contributed by atoms with Crippen LogP contribution in [0, 0.1) is 0 Å². The van der Waals surface area contributed by atoms with Crippen molar-refractivity contribution in [3.63, 3.8) is 0 Å². The maximum atomic E-state index is 12.5. The molecule has 0 aromatic carbocycles. The van der Waals surface area contributed by atoms with Crippen molar-refractivity contribution in [2.75, 3.05) is 13.2 Å². The van der Waals surface area contributed by atoms with Crippen LogP contribution in [0.4, 0.5) is 0 Å². The molecule has 0 aliphatic rings. The summed E-state index contributed by atoms with van der Waals surface area (Å²) in [6.45, 7) is 6.53. The molecule has 0 amide bonds. The van der Waals surface area contributed by atoms with Gasteiger partial charge in [0.25, 0.3) is 0 Å². The van der Waals surface area contributed by atoms with Crippen LogP contribution in [0.2, 0.25) is 0 Å². The van der Waals surface area contributed by atoms with E-state index in [0.717, 1.165) is 70.6 Å². The summed E-state index contributed by atoms with van der Waals surface area (Å²) in [4.78, 5) is 37.3. The number of ether oxygens (including phenoxy) is 3. The Morgan fingerprint density at radius 3 is 1.02 bits per heavy atom. The molecule has 6 nitrogen and oxygen atoms in total. The summed E-state index contributed by atoms with van der Waals surface area (Å²) >= 11 is 0. The number of allylic oxidation sites excluding steroid dienone is 2. The van der Waals surface area contributed by atoms with E-state index in [2.05, 4.69) is 32.9 Å². The summed E-state index contributed by atoms with van der Waals surface area (Å²) in [6, 6.07) is 0. The van der Waals surface area contributed by atoms with Crippen molar-refractivity contribution in [1.82, 2.24) is 0 Å². The van der Waals surface area contributed by atoms with E-state index in [-0.39, 0.29) is 31.1 Å². The Hall–Kier alpha value is -1.85. The highest BCUT2D eigenvalue weighted by atomic mass is 16.6. The largest absolute Gasteiger partial charge is 0.462 e. The van der Waals surface area contributed by atoms with Crippen LogP contribution in [0.15, 0.2) is 12.2 Å². The smallest absolute Gasteiger partial charge is 0.306 e. The second-order valence-corrected chi connectivity index (χ2v) is 14.3. The second-order valence-electron chi connectivity index (χ2n) is 14.3. The van der Waals surface area contributed by atoms with E-state index in [1.807, 2.05) is 0 Å². The molecule has 1 unspecified atom stereocenters. The Labute approximate surface area is 303 Å². The first-order valence-corrected chi connectivity index (χ1v) is 21.2. The number of hydrogen-bond donors (Lipinski definition) is 0. The lowest BCUT2D eigenvalue weighted by Crippen LogP contribution is -2.30. The van der Waals surface area contributed by atoms with Crippen LogP contribution in [0.25, 0.3) is 0 Å². The maximum absolute atomic E-state index is 12.5. The van der Waals surface area contributed by atoms with Crippen LogP contribution in [-0.2, 0) is 28.6 Å². The van der Waals surface area contributed by atoms with Gasteiger partial charge in [-0.2, -0.15) is 0 Å². The molecule has 0 aromatic heterocycles. The van der Waals surface area contributed by atoms with Crippen LogP contribution in [0.1, 0.15) is 226 Å². The Bertz CT molecular complexity index is 763. The Balaban J connectivity index is 4.19. The van der Waals surface area contributed by atoms with E-state index in [1.165, 1.54) is 116 Å². The van der Waals surface area contributed by atoms with Gasteiger partial charge >= 0.3 is 17.9 Å². The molecule has 49 heavy (non-hydrogen) atoms. The number of unbranched alkanes of at least 4 members (excludes halogenated alkanes) is 25. The summed E-state index contributed by atoms with van der Waals surface area (Å²) in [7, 11) is 0. The fraction of sp³-hybridized carbons (Fsp3) is 0.884. The zero-order chi connectivity index (χ0) is 35.9. The molecule has 0 saturated heterocycles. The molecule has 0 aliphatic heterocycles. The zero-order valence-electron chi connectivity index (χ0n) is 32.7. The Kier molecular flexibility index (Phi) is 37.5. The van der Waals surface area contributed by atoms with Crippen LogP contribution in [0.5, 0.6) is 0 Å². The SMILES string of the molecule is CCCCCCCCC=CCCCCCCCC(=O)OCC(COC(=O)CCCCCCCCCCCCC)OC(=O)CCCCCCC. The molecule has 0 radical (unpaired) electrons. The van der Waals surface area contributed by atoms with Gasteiger partial charge in [0, 0.05) is 19.3 Å². The van der Waals surface area contributed by atoms with E-state index >= 15 is 0 Å². The van der Waals surface area contributed by atoms with Crippen LogP contribution < -0.4 is 0 Å². The second kappa shape index (κ2) is 38.9. The van der Waals surface area contributed by atoms with Crippen molar-refractivity contribution in [2.45, 2.75) is 232 Å². The molecule has 0 rings (SSSR count). The van der Waals surface area contributed by atoms with E-state index < -0.39 is 6.10 Å². The maximum Gasteiger partial charge on any atom is 0.306 e. The van der Waals surface area contributed by atoms with E-state index in [4.69, 9.17) is 14.2 Å². The number of esters is 3. The summed E-state index contributed by atoms with van der Waals surface area (Å²) < 4.78 is 16.5. The average molecular weight is 693 g/mol. The summed E-state index contributed by atoms with van der Waals surface area (Å²) in [6.07, 6.45) is 39.4. The molecule has 0 bridgehead atoms. The van der Waals surface area contributed by atoms with Gasteiger partial charge in [-0.25, -0.2) is 0 Å². The molecule has 6 heteroatoms. The minimum absolute atomic E-state index is 0.0703. The van der Waals surface area contributed by atoms with E-state index in [1.54, 1.807) is 0 Å². The summed E-state index contributed by atoms with van der Waals surface area (Å²) in [5, 5.41) is 0. The molecule has 0 heterocycles. The van der Waals surface area contributed by atoms with Crippen LogP contribution in [0.3, 0.4) is 0 Å². The van der Waals surface area contributed by atoms with Gasteiger partial charge in [0.05, 0.1) is 0 Å². The summed E-state index contributed by atoms with van der Waals surface area (Å²) in [5.74, 6) is -0.891. The minimum atomic E-state index is -0.762. The van der Waals surface area contributed by atoms with Gasteiger partial charge in [0.1, 0.15) is 13.2 Å². The first-order chi connectivity index (χ1) is 24.0. The number of rotatable bonds is 38. The van der Waals surface area contributed by atoms with Crippen molar-refractivity contribution in [2.24, 2.45) is 0 Å². The molecule has 0 spiro atoms. The normalized spacial score (nSPS) is 12.0. The molecule has 0 N–H and O–H groups in total. The highest BCUT2D eigenvalue weighted by molar-refractivity contribution is 5.71. The third-order valence-electron chi connectivity index (χ3n) is 9.27. The minimum Gasteiger partial charge on any atom is -0.462 e. The van der Waals surface area contributed by atoms with Crippen molar-refractivity contribution >= 4 is 17.9 Å². The van der Waals surface area contributed by atoms with Gasteiger partial charge in [-0.15, -0.1) is 0 Å².